The van der Waals surface area contributed by atoms with Crippen molar-refractivity contribution in [3.8, 4) is 0 Å². The number of benzene rings is 3. The molecule has 3 aromatic carbocycles. The molecule has 7 heteroatoms. The van der Waals surface area contributed by atoms with Crippen molar-refractivity contribution in [2.45, 2.75) is 12.8 Å². The molecule has 0 unspecified atom stereocenters. The second-order valence-electron chi connectivity index (χ2n) is 9.46. The highest BCUT2D eigenvalue weighted by Gasteiger charge is 2.34. The smallest absolute Gasteiger partial charge is 0.299 e. The number of amides is 1. The monoisotopic (exact) mass is 491 g/mol. The average Bonchev–Trinajstić information content (AvgIpc) is 3.43. The molecule has 7 nitrogen and oxygen atoms in total. The molecular weight excluding hydrogens is 462 g/mol. The highest BCUT2D eigenvalue weighted by atomic mass is 16.2. The van der Waals surface area contributed by atoms with Crippen LogP contribution in [0.5, 0.6) is 0 Å². The molecule has 6 rings (SSSR count). The molecule has 0 spiro atoms. The number of para-hydroxylation sites is 3. The Morgan fingerprint density at radius 1 is 0.865 bits per heavy atom. The quantitative estimate of drug-likeness (QED) is 0.251. The van der Waals surface area contributed by atoms with E-state index in [2.05, 4.69) is 70.4 Å². The summed E-state index contributed by atoms with van der Waals surface area (Å²) < 4.78 is 2.21. The Hall–Kier alpha value is -4.23. The fourth-order valence-electron chi connectivity index (χ4n) is 5.37. The highest BCUT2D eigenvalue weighted by Crippen LogP contribution is 2.28. The Labute approximate surface area is 214 Å². The maximum Gasteiger partial charge on any atom is 0.299 e. The lowest BCUT2D eigenvalue weighted by atomic mass is 10.1. The van der Waals surface area contributed by atoms with Crippen LogP contribution in [0.15, 0.2) is 77.8 Å². The number of rotatable bonds is 8. The number of H-pyrrole nitrogens is 1. The number of ketones is 1. The predicted octanol–water partition coefficient (Wildman–Crippen LogP) is 4.31. The lowest BCUT2D eigenvalue weighted by Gasteiger charge is -2.16. The van der Waals surface area contributed by atoms with Gasteiger partial charge in [-0.25, -0.2) is 0 Å². The number of pyridine rings is 1. The molecular formula is C30H29N5O2. The first-order valence-electron chi connectivity index (χ1n) is 12.8. The molecule has 2 aromatic heterocycles. The van der Waals surface area contributed by atoms with E-state index in [0.29, 0.717) is 18.7 Å². The topological polar surface area (TPSA) is 82.5 Å². The van der Waals surface area contributed by atoms with Gasteiger partial charge in [-0.15, -0.1) is 0 Å². The van der Waals surface area contributed by atoms with Gasteiger partial charge in [0.2, 0.25) is 0 Å². The molecule has 5 aromatic rings. The van der Waals surface area contributed by atoms with Crippen molar-refractivity contribution >= 4 is 50.2 Å². The average molecular weight is 492 g/mol. The zero-order valence-electron chi connectivity index (χ0n) is 20.8. The molecule has 1 aliphatic rings. The van der Waals surface area contributed by atoms with E-state index in [0.717, 1.165) is 64.4 Å². The molecule has 1 amide bonds. The summed E-state index contributed by atoms with van der Waals surface area (Å²) in [5, 5.41) is 7.99. The minimum Gasteiger partial charge on any atom is -0.341 e. The normalized spacial score (nSPS) is 14.0. The second-order valence-corrected chi connectivity index (χ2v) is 9.46. The number of unbranched alkanes of at least 4 members (excludes halogenated alkanes) is 1. The number of hydrogen-bond donors (Lipinski definition) is 2. The Bertz CT molecular complexity index is 1730. The van der Waals surface area contributed by atoms with Gasteiger partial charge in [-0.1, -0.05) is 48.5 Å². The number of fused-ring (bicyclic) bond motifs is 5. The lowest BCUT2D eigenvalue weighted by Crippen LogP contribution is -2.31. The molecule has 0 fully saturated rings. The van der Waals surface area contributed by atoms with Gasteiger partial charge in [0.15, 0.2) is 0 Å². The number of nitrogens with one attached hydrogen (secondary N) is 2. The van der Waals surface area contributed by atoms with Crippen molar-refractivity contribution in [2.24, 2.45) is 12.0 Å². The van der Waals surface area contributed by atoms with Gasteiger partial charge in [-0.2, -0.15) is 0 Å². The maximum atomic E-state index is 12.3. The minimum atomic E-state index is -0.417. The first-order chi connectivity index (χ1) is 18.1. The SMILES string of the molecule is Cn1c2ccccc2c(=NCCNCCCCN2C(=O)C(=O)c3ccccc32)c2c3ccccc3[nH]c21. The minimum absolute atomic E-state index is 0.401. The Morgan fingerprint density at radius 2 is 1.62 bits per heavy atom. The van der Waals surface area contributed by atoms with E-state index in [9.17, 15) is 9.59 Å². The van der Waals surface area contributed by atoms with Gasteiger partial charge in [-0.05, 0) is 43.7 Å². The third-order valence-corrected chi connectivity index (χ3v) is 7.20. The first kappa shape index (κ1) is 23.2. The molecule has 0 saturated carbocycles. The van der Waals surface area contributed by atoms with Gasteiger partial charge in [0, 0.05) is 36.4 Å². The second kappa shape index (κ2) is 9.67. The molecule has 186 valence electrons. The van der Waals surface area contributed by atoms with E-state index in [-0.39, 0.29) is 0 Å². The number of aromatic amines is 1. The summed E-state index contributed by atoms with van der Waals surface area (Å²) in [5.74, 6) is -0.818. The van der Waals surface area contributed by atoms with Gasteiger partial charge in [0.05, 0.1) is 34.1 Å². The van der Waals surface area contributed by atoms with E-state index in [4.69, 9.17) is 4.99 Å². The maximum absolute atomic E-state index is 12.3. The predicted molar refractivity (Wildman–Crippen MR) is 148 cm³/mol. The number of carbonyl (C=O) groups excluding carboxylic acids is 2. The van der Waals surface area contributed by atoms with Gasteiger partial charge < -0.3 is 19.8 Å². The number of carbonyl (C=O) groups is 2. The fraction of sp³-hybridized carbons (Fsp3) is 0.233. The molecule has 3 heterocycles. The van der Waals surface area contributed by atoms with Gasteiger partial charge in [0.1, 0.15) is 5.65 Å². The number of aromatic nitrogens is 2. The summed E-state index contributed by atoms with van der Waals surface area (Å²) in [6.45, 7) is 2.82. The zero-order valence-corrected chi connectivity index (χ0v) is 20.8. The van der Waals surface area contributed by atoms with Crippen LogP contribution in [-0.2, 0) is 11.8 Å². The van der Waals surface area contributed by atoms with Crippen LogP contribution in [0, 0.1) is 0 Å². The Balaban J connectivity index is 1.12. The molecule has 0 radical (unpaired) electrons. The van der Waals surface area contributed by atoms with Crippen LogP contribution >= 0.6 is 0 Å². The number of anilines is 1. The molecule has 0 saturated heterocycles. The largest absolute Gasteiger partial charge is 0.341 e. The van der Waals surface area contributed by atoms with Gasteiger partial charge in [-0.3, -0.25) is 14.6 Å². The van der Waals surface area contributed by atoms with Crippen LogP contribution in [-0.4, -0.2) is 47.4 Å². The Morgan fingerprint density at radius 3 is 2.51 bits per heavy atom. The summed E-state index contributed by atoms with van der Waals surface area (Å²) in [7, 11) is 2.09. The number of nitrogens with zero attached hydrogens (tertiary/aromatic N) is 3. The Kier molecular flexibility index (Phi) is 6.06. The lowest BCUT2D eigenvalue weighted by molar-refractivity contribution is -0.114. The molecule has 0 bridgehead atoms. The van der Waals surface area contributed by atoms with Crippen molar-refractivity contribution in [1.29, 1.82) is 0 Å². The van der Waals surface area contributed by atoms with Crippen molar-refractivity contribution in [1.82, 2.24) is 14.9 Å². The van der Waals surface area contributed by atoms with Crippen molar-refractivity contribution < 1.29 is 9.59 Å². The van der Waals surface area contributed by atoms with Crippen molar-refractivity contribution in [3.63, 3.8) is 0 Å². The van der Waals surface area contributed by atoms with E-state index in [1.54, 1.807) is 17.0 Å². The third-order valence-electron chi connectivity index (χ3n) is 7.20. The van der Waals surface area contributed by atoms with Crippen LogP contribution in [0.3, 0.4) is 0 Å². The third kappa shape index (κ3) is 4.01. The molecule has 0 aliphatic carbocycles. The molecule has 1 aliphatic heterocycles. The van der Waals surface area contributed by atoms with Crippen molar-refractivity contribution in [3.05, 3.63) is 83.7 Å². The molecule has 2 N–H and O–H groups in total. The number of Topliss-reactive ketones (excluding diaryl/α,β-unsaturated/α-hetero) is 1. The van der Waals surface area contributed by atoms with E-state index < -0.39 is 11.7 Å². The summed E-state index contributed by atoms with van der Waals surface area (Å²) in [5.41, 5.74) is 4.57. The highest BCUT2D eigenvalue weighted by molar-refractivity contribution is 6.52. The molecule has 0 atom stereocenters. The molecule has 37 heavy (non-hydrogen) atoms. The summed E-state index contributed by atoms with van der Waals surface area (Å²) in [6.07, 6.45) is 1.74. The van der Waals surface area contributed by atoms with E-state index in [1.165, 1.54) is 5.39 Å². The summed E-state index contributed by atoms with van der Waals surface area (Å²) in [4.78, 5) is 34.7. The standard InChI is InChI=1S/C30H29N5O2/c1-34-24-14-6-3-11-21(24)27(26-20-10-2-5-13-23(20)33-29(26)34)32-18-17-31-16-8-9-19-35-25-15-7-4-12-22(25)28(36)30(35)37/h2-7,10-15,31,33H,8-9,16-19H2,1H3. The fourth-order valence-corrected chi connectivity index (χ4v) is 5.37. The van der Waals surface area contributed by atoms with E-state index >= 15 is 0 Å². The van der Waals surface area contributed by atoms with Crippen LogP contribution in [0.1, 0.15) is 23.2 Å². The zero-order chi connectivity index (χ0) is 25.4. The first-order valence-corrected chi connectivity index (χ1v) is 12.8. The van der Waals surface area contributed by atoms with E-state index in [1.807, 2.05) is 12.1 Å². The van der Waals surface area contributed by atoms with Gasteiger partial charge >= 0.3 is 0 Å². The number of hydrogen-bond acceptors (Lipinski definition) is 4. The summed E-state index contributed by atoms with van der Waals surface area (Å²) >= 11 is 0. The van der Waals surface area contributed by atoms with Crippen LogP contribution in [0.4, 0.5) is 5.69 Å². The van der Waals surface area contributed by atoms with Crippen LogP contribution in [0.2, 0.25) is 0 Å². The summed E-state index contributed by atoms with van der Waals surface area (Å²) in [6, 6.07) is 24.0. The number of aryl methyl sites for hydroxylation is 1. The van der Waals surface area contributed by atoms with Crippen molar-refractivity contribution in [2.75, 3.05) is 31.1 Å². The van der Waals surface area contributed by atoms with Crippen LogP contribution < -0.4 is 15.6 Å². The van der Waals surface area contributed by atoms with Crippen LogP contribution in [0.25, 0.3) is 32.8 Å². The van der Waals surface area contributed by atoms with Gasteiger partial charge in [0.25, 0.3) is 11.7 Å².